The van der Waals surface area contributed by atoms with E-state index in [1.54, 1.807) is 0 Å². The first-order valence-electron chi connectivity index (χ1n) is 9.80. The smallest absolute Gasteiger partial charge is 0.338 e. The zero-order valence-electron chi connectivity index (χ0n) is 16.7. The molecule has 2 aromatic carbocycles. The van der Waals surface area contributed by atoms with Crippen LogP contribution < -0.4 is 4.72 Å². The van der Waals surface area contributed by atoms with E-state index in [0.29, 0.717) is 25.7 Å². The summed E-state index contributed by atoms with van der Waals surface area (Å²) < 4.78 is 38.3. The highest BCUT2D eigenvalue weighted by molar-refractivity contribution is 7.89. The van der Waals surface area contributed by atoms with Crippen LogP contribution in [-0.2, 0) is 30.9 Å². The molecule has 0 unspecified atom stereocenters. The van der Waals surface area contributed by atoms with Gasteiger partial charge in [-0.15, -0.1) is 0 Å². The number of carbonyl (C=O) groups excluding carboxylic acids is 2. The third-order valence-electron chi connectivity index (χ3n) is 5.18. The Labute approximate surface area is 176 Å². The van der Waals surface area contributed by atoms with Gasteiger partial charge >= 0.3 is 11.9 Å². The number of nitrogens with one attached hydrogen (secondary N) is 1. The number of esters is 2. The van der Waals surface area contributed by atoms with Gasteiger partial charge in [0.15, 0.2) is 0 Å². The van der Waals surface area contributed by atoms with Crippen molar-refractivity contribution < 1.29 is 27.5 Å². The van der Waals surface area contributed by atoms with E-state index in [-0.39, 0.29) is 35.0 Å². The Morgan fingerprint density at radius 3 is 2.37 bits per heavy atom. The molecule has 8 heteroatoms. The van der Waals surface area contributed by atoms with Crippen molar-refractivity contribution in [3.63, 3.8) is 0 Å². The van der Waals surface area contributed by atoms with E-state index in [1.165, 1.54) is 31.4 Å². The van der Waals surface area contributed by atoms with E-state index in [1.807, 2.05) is 30.3 Å². The van der Waals surface area contributed by atoms with Crippen molar-refractivity contribution in [2.24, 2.45) is 5.92 Å². The number of sulfonamides is 1. The minimum Gasteiger partial charge on any atom is -0.469 e. The summed E-state index contributed by atoms with van der Waals surface area (Å²) >= 11 is 0. The van der Waals surface area contributed by atoms with Crippen molar-refractivity contribution in [3.8, 4) is 0 Å². The van der Waals surface area contributed by atoms with Gasteiger partial charge in [-0.2, -0.15) is 0 Å². The van der Waals surface area contributed by atoms with E-state index < -0.39 is 16.0 Å². The molecule has 0 saturated heterocycles. The van der Waals surface area contributed by atoms with Crippen molar-refractivity contribution >= 4 is 22.0 Å². The van der Waals surface area contributed by atoms with Gasteiger partial charge in [0.25, 0.3) is 0 Å². The van der Waals surface area contributed by atoms with Gasteiger partial charge in [-0.1, -0.05) is 36.4 Å². The number of methoxy groups -OCH3 is 1. The summed E-state index contributed by atoms with van der Waals surface area (Å²) in [5.41, 5.74) is 1.02. The topological polar surface area (TPSA) is 98.8 Å². The second-order valence-corrected chi connectivity index (χ2v) is 9.00. The molecule has 160 valence electrons. The third-order valence-corrected chi connectivity index (χ3v) is 6.69. The molecule has 1 aliphatic carbocycles. The Balaban J connectivity index is 1.61. The van der Waals surface area contributed by atoms with E-state index in [9.17, 15) is 18.0 Å². The molecule has 30 heavy (non-hydrogen) atoms. The summed E-state index contributed by atoms with van der Waals surface area (Å²) in [5, 5.41) is 0. The fourth-order valence-corrected chi connectivity index (χ4v) is 4.85. The molecule has 0 heterocycles. The Morgan fingerprint density at radius 1 is 1.00 bits per heavy atom. The molecule has 1 N–H and O–H groups in total. The van der Waals surface area contributed by atoms with Crippen LogP contribution >= 0.6 is 0 Å². The average molecular weight is 432 g/mol. The highest BCUT2D eigenvalue weighted by Crippen LogP contribution is 2.26. The molecule has 0 amide bonds. The first kappa shape index (κ1) is 22.0. The van der Waals surface area contributed by atoms with Crippen molar-refractivity contribution in [3.05, 3.63) is 65.7 Å². The number of rotatable bonds is 7. The number of ether oxygens (including phenoxy) is 2. The Kier molecular flexibility index (Phi) is 7.23. The maximum Gasteiger partial charge on any atom is 0.338 e. The van der Waals surface area contributed by atoms with Crippen LogP contribution in [0.25, 0.3) is 0 Å². The average Bonchev–Trinajstić information content (AvgIpc) is 2.78. The fraction of sp³-hybridized carbons (Fsp3) is 0.364. The molecule has 0 atom stereocenters. The van der Waals surface area contributed by atoms with E-state index >= 15 is 0 Å². The van der Waals surface area contributed by atoms with Crippen LogP contribution in [0.2, 0.25) is 0 Å². The molecule has 2 aromatic rings. The molecular weight excluding hydrogens is 406 g/mol. The Bertz CT molecular complexity index is 982. The predicted octanol–water partition coefficient (Wildman–Crippen LogP) is 3.05. The van der Waals surface area contributed by atoms with E-state index in [0.717, 1.165) is 5.56 Å². The maximum absolute atomic E-state index is 12.8. The van der Waals surface area contributed by atoms with Gasteiger partial charge in [0.1, 0.15) is 6.61 Å². The zero-order valence-corrected chi connectivity index (χ0v) is 17.6. The van der Waals surface area contributed by atoms with Crippen molar-refractivity contribution in [2.45, 2.75) is 43.2 Å². The van der Waals surface area contributed by atoms with Crippen LogP contribution in [0.1, 0.15) is 41.6 Å². The predicted molar refractivity (Wildman–Crippen MR) is 110 cm³/mol. The highest BCUT2D eigenvalue weighted by atomic mass is 32.2. The van der Waals surface area contributed by atoms with E-state index in [2.05, 4.69) is 4.72 Å². The van der Waals surface area contributed by atoms with Gasteiger partial charge < -0.3 is 9.47 Å². The van der Waals surface area contributed by atoms with Crippen LogP contribution in [0.15, 0.2) is 59.5 Å². The molecule has 1 aliphatic rings. The fourth-order valence-electron chi connectivity index (χ4n) is 3.50. The van der Waals surface area contributed by atoms with Gasteiger partial charge in [0, 0.05) is 6.04 Å². The molecule has 3 rings (SSSR count). The minimum atomic E-state index is -3.80. The lowest BCUT2D eigenvalue weighted by Crippen LogP contribution is -2.38. The summed E-state index contributed by atoms with van der Waals surface area (Å²) in [4.78, 5) is 24.0. The van der Waals surface area contributed by atoms with Crippen LogP contribution in [-0.4, -0.2) is 33.5 Å². The Hall–Kier alpha value is -2.71. The molecule has 1 fully saturated rings. The zero-order chi connectivity index (χ0) is 21.6. The molecular formula is C22H25NO6S. The lowest BCUT2D eigenvalue weighted by atomic mass is 9.86. The monoisotopic (exact) mass is 431 g/mol. The normalized spacial score (nSPS) is 19.1. The van der Waals surface area contributed by atoms with Crippen molar-refractivity contribution in [1.29, 1.82) is 0 Å². The summed E-state index contributed by atoms with van der Waals surface area (Å²) in [7, 11) is -2.44. The van der Waals surface area contributed by atoms with Gasteiger partial charge in [-0.3, -0.25) is 4.79 Å². The number of hydrogen-bond acceptors (Lipinski definition) is 6. The second-order valence-electron chi connectivity index (χ2n) is 7.28. The third kappa shape index (κ3) is 5.67. The number of carbonyl (C=O) groups is 2. The SMILES string of the molecule is COC(=O)C1CCC(NS(=O)(=O)c2cccc(C(=O)OCc3ccccc3)c2)CC1. The van der Waals surface area contributed by atoms with Crippen LogP contribution in [0.5, 0.6) is 0 Å². The second kappa shape index (κ2) is 9.86. The van der Waals surface area contributed by atoms with Crippen molar-refractivity contribution in [2.75, 3.05) is 7.11 Å². The highest BCUT2D eigenvalue weighted by Gasteiger charge is 2.29. The lowest BCUT2D eigenvalue weighted by molar-refractivity contribution is -0.146. The lowest BCUT2D eigenvalue weighted by Gasteiger charge is -2.27. The van der Waals surface area contributed by atoms with Gasteiger partial charge in [-0.25, -0.2) is 17.9 Å². The van der Waals surface area contributed by atoms with Gasteiger partial charge in [-0.05, 0) is 49.4 Å². The summed E-state index contributed by atoms with van der Waals surface area (Å²) in [5.74, 6) is -1.02. The number of hydrogen-bond donors (Lipinski definition) is 1. The number of benzene rings is 2. The van der Waals surface area contributed by atoms with E-state index in [4.69, 9.17) is 9.47 Å². The van der Waals surface area contributed by atoms with Gasteiger partial charge in [0.05, 0.1) is 23.5 Å². The quantitative estimate of drug-likeness (QED) is 0.677. The first-order valence-corrected chi connectivity index (χ1v) is 11.3. The summed E-state index contributed by atoms with van der Waals surface area (Å²) in [6.07, 6.45) is 2.26. The maximum atomic E-state index is 12.8. The summed E-state index contributed by atoms with van der Waals surface area (Å²) in [6, 6.07) is 14.8. The van der Waals surface area contributed by atoms with Crippen molar-refractivity contribution in [1.82, 2.24) is 4.72 Å². The van der Waals surface area contributed by atoms with Crippen LogP contribution in [0.3, 0.4) is 0 Å². The molecule has 0 aliphatic heterocycles. The standard InChI is InChI=1S/C22H25NO6S/c1-28-21(24)17-10-12-19(13-11-17)23-30(26,27)20-9-5-8-18(14-20)22(25)29-15-16-6-3-2-4-7-16/h2-9,14,17,19,23H,10-13,15H2,1H3. The van der Waals surface area contributed by atoms with Crippen LogP contribution in [0.4, 0.5) is 0 Å². The summed E-state index contributed by atoms with van der Waals surface area (Å²) in [6.45, 7) is 0.109. The van der Waals surface area contributed by atoms with Crippen LogP contribution in [0, 0.1) is 5.92 Å². The Morgan fingerprint density at radius 2 is 1.70 bits per heavy atom. The largest absolute Gasteiger partial charge is 0.469 e. The molecule has 0 aromatic heterocycles. The minimum absolute atomic E-state index is 0.00625. The molecule has 1 saturated carbocycles. The molecule has 7 nitrogen and oxygen atoms in total. The first-order chi connectivity index (χ1) is 14.4. The van der Waals surface area contributed by atoms with Gasteiger partial charge in [0.2, 0.25) is 10.0 Å². The molecule has 0 radical (unpaired) electrons. The molecule has 0 spiro atoms. The molecule has 0 bridgehead atoms.